The predicted molar refractivity (Wildman–Crippen MR) is 114 cm³/mol. The number of hydrogen-bond donors (Lipinski definition) is 1. The first kappa shape index (κ1) is 25.6. The lowest BCUT2D eigenvalue weighted by Crippen LogP contribution is -2.22. The van der Waals surface area contributed by atoms with Gasteiger partial charge in [0.15, 0.2) is 0 Å². The van der Waals surface area contributed by atoms with Crippen molar-refractivity contribution in [1.82, 2.24) is 5.32 Å². The van der Waals surface area contributed by atoms with Gasteiger partial charge in [0.1, 0.15) is 11.5 Å². The van der Waals surface area contributed by atoms with Crippen molar-refractivity contribution in [3.8, 4) is 23.3 Å². The molecule has 0 saturated heterocycles. The number of ether oxygens (including phenoxy) is 3. The van der Waals surface area contributed by atoms with Gasteiger partial charge in [-0.3, -0.25) is 9.59 Å². The zero-order chi connectivity index (χ0) is 24.1. The number of carbonyl (C=O) groups is 2. The van der Waals surface area contributed by atoms with Crippen molar-refractivity contribution in [3.63, 3.8) is 0 Å². The monoisotopic (exact) mass is 463 g/mol. The van der Waals surface area contributed by atoms with Crippen LogP contribution in [0.15, 0.2) is 48.5 Å². The number of rotatable bonds is 10. The van der Waals surface area contributed by atoms with Gasteiger partial charge in [-0.25, -0.2) is 0 Å². The molecule has 0 fully saturated rings. The van der Waals surface area contributed by atoms with E-state index in [1.807, 2.05) is 12.1 Å². The Labute approximate surface area is 190 Å². The summed E-state index contributed by atoms with van der Waals surface area (Å²) in [5.41, 5.74) is 1.41. The average molecular weight is 463 g/mol. The summed E-state index contributed by atoms with van der Waals surface area (Å²) < 4.78 is 50.5. The largest absolute Gasteiger partial charge is 0.573 e. The Hall–Kier alpha value is -3.67. The Morgan fingerprint density at radius 2 is 1.64 bits per heavy atom. The van der Waals surface area contributed by atoms with Gasteiger partial charge in [-0.15, -0.1) is 13.2 Å². The maximum absolute atomic E-state index is 12.1. The summed E-state index contributed by atoms with van der Waals surface area (Å²) in [6.07, 6.45) is -4.06. The molecule has 2 rings (SSSR count). The topological polar surface area (TPSA) is 73.9 Å². The number of hydrogen-bond acceptors (Lipinski definition) is 5. The van der Waals surface area contributed by atoms with Crippen LogP contribution in [0.1, 0.15) is 37.3 Å². The molecule has 0 radical (unpaired) electrons. The highest BCUT2D eigenvalue weighted by Crippen LogP contribution is 2.22. The summed E-state index contributed by atoms with van der Waals surface area (Å²) in [7, 11) is 0. The fraction of sp³-hybridized carbons (Fsp3) is 0.333. The normalized spacial score (nSPS) is 10.5. The molecule has 0 bridgehead atoms. The molecule has 0 aliphatic heterocycles. The summed E-state index contributed by atoms with van der Waals surface area (Å²) in [4.78, 5) is 23.2. The van der Waals surface area contributed by atoms with Crippen molar-refractivity contribution in [1.29, 1.82) is 0 Å². The van der Waals surface area contributed by atoms with E-state index in [9.17, 15) is 22.8 Å². The Kier molecular flexibility index (Phi) is 10.1. The van der Waals surface area contributed by atoms with Crippen LogP contribution in [0.5, 0.6) is 11.5 Å². The lowest BCUT2D eigenvalue weighted by molar-refractivity contribution is -0.274. The summed E-state index contributed by atoms with van der Waals surface area (Å²) in [5.74, 6) is 5.42. The number of carbonyl (C=O) groups excluding carboxylic acids is 2. The second kappa shape index (κ2) is 13.0. The molecule has 176 valence electrons. The first-order valence-corrected chi connectivity index (χ1v) is 10.2. The first-order chi connectivity index (χ1) is 15.7. The van der Waals surface area contributed by atoms with Gasteiger partial charge >= 0.3 is 12.3 Å². The van der Waals surface area contributed by atoms with Crippen molar-refractivity contribution in [2.45, 2.75) is 39.1 Å². The predicted octanol–water partition coefficient (Wildman–Crippen LogP) is 4.37. The lowest BCUT2D eigenvalue weighted by atomic mass is 10.2. The van der Waals surface area contributed by atoms with E-state index in [1.54, 1.807) is 19.1 Å². The molecule has 2 aromatic carbocycles. The van der Waals surface area contributed by atoms with Gasteiger partial charge in [-0.1, -0.05) is 24.0 Å². The van der Waals surface area contributed by atoms with Crippen molar-refractivity contribution < 1.29 is 37.0 Å². The Morgan fingerprint density at radius 3 is 2.27 bits per heavy atom. The van der Waals surface area contributed by atoms with Crippen LogP contribution in [0, 0.1) is 11.8 Å². The van der Waals surface area contributed by atoms with Crippen LogP contribution in [0.4, 0.5) is 13.2 Å². The Balaban J connectivity index is 1.67. The molecule has 6 nitrogen and oxygen atoms in total. The van der Waals surface area contributed by atoms with Crippen LogP contribution in [0.3, 0.4) is 0 Å². The molecule has 33 heavy (non-hydrogen) atoms. The van der Waals surface area contributed by atoms with Gasteiger partial charge in [0.05, 0.1) is 19.6 Å². The molecule has 1 amide bonds. The molecule has 0 unspecified atom stereocenters. The maximum atomic E-state index is 12.1. The lowest BCUT2D eigenvalue weighted by Gasteiger charge is -2.08. The van der Waals surface area contributed by atoms with Crippen LogP contribution in [0.2, 0.25) is 0 Å². The van der Waals surface area contributed by atoms with Crippen molar-refractivity contribution in [2.24, 2.45) is 0 Å². The van der Waals surface area contributed by atoms with Crippen LogP contribution in [-0.4, -0.2) is 31.5 Å². The minimum atomic E-state index is -4.73. The van der Waals surface area contributed by atoms with Crippen molar-refractivity contribution in [2.75, 3.05) is 13.2 Å². The molecule has 1 N–H and O–H groups in total. The fourth-order valence-electron chi connectivity index (χ4n) is 2.56. The quantitative estimate of drug-likeness (QED) is 0.419. The second-order valence-electron chi connectivity index (χ2n) is 6.70. The molecular weight excluding hydrogens is 439 g/mol. The number of halogens is 3. The third kappa shape index (κ3) is 11.0. The van der Waals surface area contributed by atoms with E-state index < -0.39 is 6.36 Å². The highest BCUT2D eigenvalue weighted by Gasteiger charge is 2.30. The zero-order valence-electron chi connectivity index (χ0n) is 18.0. The zero-order valence-corrected chi connectivity index (χ0v) is 18.0. The smallest absolute Gasteiger partial charge is 0.493 e. The van der Waals surface area contributed by atoms with E-state index in [0.717, 1.165) is 5.56 Å². The van der Waals surface area contributed by atoms with Crippen LogP contribution < -0.4 is 14.8 Å². The molecule has 0 spiro atoms. The summed E-state index contributed by atoms with van der Waals surface area (Å²) in [6, 6.07) is 12.3. The third-order valence-electron chi connectivity index (χ3n) is 4.09. The van der Waals surface area contributed by atoms with E-state index in [4.69, 9.17) is 9.47 Å². The molecule has 0 heterocycles. The van der Waals surface area contributed by atoms with Crippen LogP contribution in [-0.2, 0) is 20.9 Å². The van der Waals surface area contributed by atoms with Gasteiger partial charge in [-0.05, 0) is 48.9 Å². The van der Waals surface area contributed by atoms with Gasteiger partial charge in [0.25, 0.3) is 0 Å². The maximum Gasteiger partial charge on any atom is 0.573 e. The van der Waals surface area contributed by atoms with Crippen molar-refractivity contribution >= 4 is 11.9 Å². The van der Waals surface area contributed by atoms with Gasteiger partial charge < -0.3 is 19.5 Å². The Morgan fingerprint density at radius 1 is 0.970 bits per heavy atom. The highest BCUT2D eigenvalue weighted by atomic mass is 19.4. The average Bonchev–Trinajstić information content (AvgIpc) is 2.76. The molecule has 0 aliphatic carbocycles. The van der Waals surface area contributed by atoms with Crippen LogP contribution >= 0.6 is 0 Å². The number of alkyl halides is 3. The molecule has 0 saturated carbocycles. The van der Waals surface area contributed by atoms with Gasteiger partial charge in [0.2, 0.25) is 5.91 Å². The van der Waals surface area contributed by atoms with E-state index >= 15 is 0 Å². The third-order valence-corrected chi connectivity index (χ3v) is 4.09. The summed E-state index contributed by atoms with van der Waals surface area (Å²) in [6.45, 7) is 2.65. The SMILES string of the molecule is CCOC(=O)CCOc1ccc(CNC(=O)CCC#Cc2ccc(OC(F)(F)F)cc2)cc1. The Bertz CT molecular complexity index is 961. The minimum absolute atomic E-state index is 0.173. The standard InChI is InChI=1S/C24H24F3NO5/c1-2-31-23(30)15-16-32-20-11-9-19(10-12-20)17-28-22(29)6-4-3-5-18-7-13-21(14-8-18)33-24(25,26)27/h7-14H,2,4,6,15-17H2,1H3,(H,28,29). The first-order valence-electron chi connectivity index (χ1n) is 10.2. The van der Waals surface area contributed by atoms with E-state index in [0.29, 0.717) is 30.9 Å². The van der Waals surface area contributed by atoms with Gasteiger partial charge in [-0.2, -0.15) is 0 Å². The summed E-state index contributed by atoms with van der Waals surface area (Å²) >= 11 is 0. The summed E-state index contributed by atoms with van der Waals surface area (Å²) in [5, 5.41) is 2.79. The number of benzene rings is 2. The molecule has 0 atom stereocenters. The molecular formula is C24H24F3NO5. The molecule has 0 aliphatic rings. The van der Waals surface area contributed by atoms with Crippen LogP contribution in [0.25, 0.3) is 0 Å². The molecule has 0 aromatic heterocycles. The number of amides is 1. The fourth-order valence-corrected chi connectivity index (χ4v) is 2.56. The minimum Gasteiger partial charge on any atom is -0.493 e. The van der Waals surface area contributed by atoms with E-state index in [2.05, 4.69) is 21.9 Å². The van der Waals surface area contributed by atoms with Crippen molar-refractivity contribution in [3.05, 3.63) is 59.7 Å². The van der Waals surface area contributed by atoms with E-state index in [-0.39, 0.29) is 37.1 Å². The highest BCUT2D eigenvalue weighted by molar-refractivity contribution is 5.76. The van der Waals surface area contributed by atoms with Gasteiger partial charge in [0, 0.05) is 24.9 Å². The van der Waals surface area contributed by atoms with E-state index in [1.165, 1.54) is 24.3 Å². The second-order valence-corrected chi connectivity index (χ2v) is 6.70. The molecule has 9 heteroatoms. The number of esters is 1. The molecule has 2 aromatic rings. The number of nitrogens with one attached hydrogen (secondary N) is 1.